The van der Waals surface area contributed by atoms with Gasteiger partial charge in [0.25, 0.3) is 0 Å². The Morgan fingerprint density at radius 1 is 1.30 bits per heavy atom. The predicted octanol–water partition coefficient (Wildman–Crippen LogP) is 1.36. The summed E-state index contributed by atoms with van der Waals surface area (Å²) in [6, 6.07) is 0. The quantitative estimate of drug-likeness (QED) is 0.578. The van der Waals surface area contributed by atoms with E-state index in [1.54, 1.807) is 11.8 Å². The Bertz CT molecular complexity index is 174. The highest BCUT2D eigenvalue weighted by Gasteiger charge is 2.44. The van der Waals surface area contributed by atoms with E-state index in [0.717, 1.165) is 0 Å². The van der Waals surface area contributed by atoms with Crippen molar-refractivity contribution in [2.75, 3.05) is 0 Å². The molecule has 0 unspecified atom stereocenters. The first kappa shape index (κ1) is 7.92. The molecular formula is C7H13NOS. The molecule has 0 aromatic carbocycles. The molecule has 1 aliphatic rings. The molecule has 10 heavy (non-hydrogen) atoms. The van der Waals surface area contributed by atoms with Crippen molar-refractivity contribution in [1.29, 1.82) is 0 Å². The Labute approximate surface area is 65.8 Å². The lowest BCUT2D eigenvalue weighted by Crippen LogP contribution is -2.35. The first-order valence-corrected chi connectivity index (χ1v) is 4.18. The van der Waals surface area contributed by atoms with Crippen molar-refractivity contribution in [1.82, 2.24) is 5.32 Å². The number of hydrogen-bond donors (Lipinski definition) is 1. The smallest absolute Gasteiger partial charge is 0.236 e. The molecule has 1 fully saturated rings. The largest absolute Gasteiger partial charge is 0.341 e. The lowest BCUT2D eigenvalue weighted by atomic mass is 10.2. The molecule has 0 spiro atoms. The Morgan fingerprint density at radius 2 is 1.80 bits per heavy atom. The maximum Gasteiger partial charge on any atom is 0.236 e. The second-order valence-electron chi connectivity index (χ2n) is 3.58. The summed E-state index contributed by atoms with van der Waals surface area (Å²) >= 11 is 1.67. The standard InChI is InChI=1S/C7H13NOS/c1-6(2)5(9)8-7(3,4)10-6/h1-4H3,(H,8,9). The van der Waals surface area contributed by atoms with E-state index in [0.29, 0.717) is 0 Å². The van der Waals surface area contributed by atoms with Crippen LogP contribution in [0.3, 0.4) is 0 Å². The molecule has 1 aliphatic heterocycles. The molecule has 3 heteroatoms. The third-order valence-electron chi connectivity index (χ3n) is 1.47. The van der Waals surface area contributed by atoms with Gasteiger partial charge in [-0.15, -0.1) is 11.8 Å². The summed E-state index contributed by atoms with van der Waals surface area (Å²) in [5.74, 6) is 0.141. The normalized spacial score (nSPS) is 28.2. The number of rotatable bonds is 0. The van der Waals surface area contributed by atoms with Crippen LogP contribution in [0.4, 0.5) is 0 Å². The number of nitrogens with one attached hydrogen (secondary N) is 1. The second kappa shape index (κ2) is 1.91. The van der Waals surface area contributed by atoms with Gasteiger partial charge in [0.2, 0.25) is 5.91 Å². The van der Waals surface area contributed by atoms with Crippen LogP contribution in [0.2, 0.25) is 0 Å². The minimum Gasteiger partial charge on any atom is -0.341 e. The third-order valence-corrected chi connectivity index (χ3v) is 2.78. The van der Waals surface area contributed by atoms with Gasteiger partial charge < -0.3 is 5.32 Å². The fourth-order valence-corrected chi connectivity index (χ4v) is 2.70. The lowest BCUT2D eigenvalue weighted by molar-refractivity contribution is -0.122. The van der Waals surface area contributed by atoms with Gasteiger partial charge in [0.1, 0.15) is 0 Å². The van der Waals surface area contributed by atoms with E-state index >= 15 is 0 Å². The van der Waals surface area contributed by atoms with Crippen LogP contribution in [-0.4, -0.2) is 15.5 Å². The lowest BCUT2D eigenvalue weighted by Gasteiger charge is -2.17. The molecule has 1 amide bonds. The maximum absolute atomic E-state index is 11.2. The first-order chi connectivity index (χ1) is 4.33. The SMILES string of the molecule is CC1(C)NC(=O)C(C)(C)S1. The average molecular weight is 159 g/mol. The minimum absolute atomic E-state index is 0.0828. The molecule has 0 aromatic heterocycles. The zero-order valence-corrected chi connectivity index (χ0v) is 7.63. The Kier molecular flexibility index (Phi) is 1.51. The minimum atomic E-state index is -0.247. The van der Waals surface area contributed by atoms with Gasteiger partial charge in [-0.25, -0.2) is 0 Å². The predicted molar refractivity (Wildman–Crippen MR) is 43.9 cm³/mol. The molecular weight excluding hydrogens is 146 g/mol. The van der Waals surface area contributed by atoms with Crippen LogP contribution in [0.25, 0.3) is 0 Å². The fraction of sp³-hybridized carbons (Fsp3) is 0.857. The number of thioether (sulfide) groups is 1. The van der Waals surface area contributed by atoms with Gasteiger partial charge in [0, 0.05) is 0 Å². The molecule has 1 saturated heterocycles. The van der Waals surface area contributed by atoms with Crippen molar-refractivity contribution in [3.05, 3.63) is 0 Å². The van der Waals surface area contributed by atoms with E-state index in [4.69, 9.17) is 0 Å². The van der Waals surface area contributed by atoms with Crippen LogP contribution in [0.15, 0.2) is 0 Å². The summed E-state index contributed by atoms with van der Waals surface area (Å²) in [5.41, 5.74) is 0. The van der Waals surface area contributed by atoms with E-state index < -0.39 is 0 Å². The van der Waals surface area contributed by atoms with Gasteiger partial charge in [-0.05, 0) is 27.7 Å². The third kappa shape index (κ3) is 1.29. The maximum atomic E-state index is 11.2. The highest BCUT2D eigenvalue weighted by molar-refractivity contribution is 8.03. The number of hydrogen-bond acceptors (Lipinski definition) is 2. The topological polar surface area (TPSA) is 29.1 Å². The Balaban J connectivity index is 2.81. The number of carbonyl (C=O) groups excluding carboxylic acids is 1. The Morgan fingerprint density at radius 3 is 1.90 bits per heavy atom. The molecule has 2 nitrogen and oxygen atoms in total. The number of amides is 1. The monoisotopic (exact) mass is 159 g/mol. The fourth-order valence-electron chi connectivity index (χ4n) is 1.13. The van der Waals surface area contributed by atoms with E-state index in [-0.39, 0.29) is 15.5 Å². The molecule has 0 atom stereocenters. The summed E-state index contributed by atoms with van der Waals surface area (Å²) in [4.78, 5) is 11.1. The highest BCUT2D eigenvalue weighted by atomic mass is 32.2. The highest BCUT2D eigenvalue weighted by Crippen LogP contribution is 2.40. The van der Waals surface area contributed by atoms with Crippen LogP contribution >= 0.6 is 11.8 Å². The molecule has 0 radical (unpaired) electrons. The van der Waals surface area contributed by atoms with Crippen molar-refractivity contribution in [2.45, 2.75) is 37.3 Å². The summed E-state index contributed by atoms with van der Waals surface area (Å²) in [6.45, 7) is 7.93. The van der Waals surface area contributed by atoms with Gasteiger partial charge in [0.15, 0.2) is 0 Å². The van der Waals surface area contributed by atoms with E-state index in [1.807, 2.05) is 27.7 Å². The first-order valence-electron chi connectivity index (χ1n) is 3.36. The van der Waals surface area contributed by atoms with Crippen molar-refractivity contribution in [3.8, 4) is 0 Å². The van der Waals surface area contributed by atoms with Gasteiger partial charge in [-0.2, -0.15) is 0 Å². The molecule has 1 heterocycles. The van der Waals surface area contributed by atoms with Gasteiger partial charge in [-0.3, -0.25) is 4.79 Å². The van der Waals surface area contributed by atoms with Gasteiger partial charge in [-0.1, -0.05) is 0 Å². The molecule has 0 aliphatic carbocycles. The molecule has 58 valence electrons. The zero-order chi connectivity index (χ0) is 7.99. The molecule has 0 bridgehead atoms. The van der Waals surface area contributed by atoms with E-state index in [1.165, 1.54) is 0 Å². The zero-order valence-electron chi connectivity index (χ0n) is 6.82. The van der Waals surface area contributed by atoms with E-state index in [9.17, 15) is 4.79 Å². The van der Waals surface area contributed by atoms with Crippen LogP contribution < -0.4 is 5.32 Å². The molecule has 0 saturated carbocycles. The van der Waals surface area contributed by atoms with Crippen LogP contribution in [-0.2, 0) is 4.79 Å². The van der Waals surface area contributed by atoms with Crippen molar-refractivity contribution < 1.29 is 4.79 Å². The summed E-state index contributed by atoms with van der Waals surface area (Å²) in [7, 11) is 0. The second-order valence-corrected chi connectivity index (χ2v) is 5.82. The number of carbonyl (C=O) groups is 1. The van der Waals surface area contributed by atoms with Crippen LogP contribution in [0, 0.1) is 0 Å². The Hall–Kier alpha value is -0.180. The summed E-state index contributed by atoms with van der Waals surface area (Å²) < 4.78 is -0.247. The van der Waals surface area contributed by atoms with Crippen molar-refractivity contribution >= 4 is 17.7 Å². The van der Waals surface area contributed by atoms with Gasteiger partial charge in [0.05, 0.1) is 9.62 Å². The van der Waals surface area contributed by atoms with Crippen molar-refractivity contribution in [3.63, 3.8) is 0 Å². The van der Waals surface area contributed by atoms with Crippen LogP contribution in [0.1, 0.15) is 27.7 Å². The van der Waals surface area contributed by atoms with Crippen molar-refractivity contribution in [2.24, 2.45) is 0 Å². The molecule has 1 N–H and O–H groups in total. The van der Waals surface area contributed by atoms with Crippen LogP contribution in [0.5, 0.6) is 0 Å². The summed E-state index contributed by atoms with van der Waals surface area (Å²) in [5, 5.41) is 2.91. The average Bonchev–Trinajstić information content (AvgIpc) is 1.73. The molecule has 0 aromatic rings. The van der Waals surface area contributed by atoms with Gasteiger partial charge >= 0.3 is 0 Å². The summed E-state index contributed by atoms with van der Waals surface area (Å²) in [6.07, 6.45) is 0. The molecule has 1 rings (SSSR count). The van der Waals surface area contributed by atoms with E-state index in [2.05, 4.69) is 5.32 Å².